The molecule has 2 aliphatic rings. The SMILES string of the molecule is CCn1cc(C2CS(=O)(=O)CCN2Cc2nc(CC3CC3)no2)cn1. The number of hydrogen-bond acceptors (Lipinski definition) is 7. The van der Waals surface area contributed by atoms with E-state index in [9.17, 15) is 8.42 Å². The van der Waals surface area contributed by atoms with Crippen molar-refractivity contribution in [2.24, 2.45) is 5.92 Å². The standard InChI is InChI=1S/C16H23N5O3S/c1-2-21-9-13(8-17-21)14-11-25(22,23)6-5-20(14)10-16-18-15(19-24-16)7-12-3-4-12/h8-9,12,14H,2-7,10-11H2,1H3. The van der Waals surface area contributed by atoms with Crippen molar-refractivity contribution in [2.75, 3.05) is 18.1 Å². The molecule has 0 N–H and O–H groups in total. The summed E-state index contributed by atoms with van der Waals surface area (Å²) in [4.78, 5) is 6.58. The van der Waals surface area contributed by atoms with E-state index in [0.29, 0.717) is 24.9 Å². The minimum absolute atomic E-state index is 0.103. The van der Waals surface area contributed by atoms with Crippen LogP contribution in [-0.2, 0) is 29.3 Å². The molecule has 9 heteroatoms. The maximum atomic E-state index is 12.1. The lowest BCUT2D eigenvalue weighted by Crippen LogP contribution is -2.42. The molecule has 0 spiro atoms. The first-order valence-corrected chi connectivity index (χ1v) is 10.6. The molecule has 1 saturated carbocycles. The Hall–Kier alpha value is -1.74. The van der Waals surface area contributed by atoms with Gasteiger partial charge < -0.3 is 4.52 Å². The van der Waals surface area contributed by atoms with Crippen LogP contribution in [0.5, 0.6) is 0 Å². The fourth-order valence-electron chi connectivity index (χ4n) is 3.25. The van der Waals surface area contributed by atoms with Gasteiger partial charge in [0, 0.05) is 31.3 Å². The van der Waals surface area contributed by atoms with Crippen molar-refractivity contribution in [3.8, 4) is 0 Å². The summed E-state index contributed by atoms with van der Waals surface area (Å²) < 4.78 is 31.5. The molecule has 0 aromatic carbocycles. The monoisotopic (exact) mass is 365 g/mol. The number of rotatable bonds is 6. The second-order valence-electron chi connectivity index (χ2n) is 6.98. The maximum Gasteiger partial charge on any atom is 0.240 e. The van der Waals surface area contributed by atoms with Gasteiger partial charge in [-0.25, -0.2) is 8.42 Å². The average molecular weight is 365 g/mol. The van der Waals surface area contributed by atoms with Crippen molar-refractivity contribution < 1.29 is 12.9 Å². The van der Waals surface area contributed by atoms with Gasteiger partial charge in [-0.1, -0.05) is 5.16 Å². The van der Waals surface area contributed by atoms with Gasteiger partial charge in [0.25, 0.3) is 0 Å². The summed E-state index contributed by atoms with van der Waals surface area (Å²) in [6.45, 7) is 3.69. The third-order valence-electron chi connectivity index (χ3n) is 4.92. The minimum atomic E-state index is -3.05. The highest BCUT2D eigenvalue weighted by Crippen LogP contribution is 2.32. The van der Waals surface area contributed by atoms with E-state index >= 15 is 0 Å². The van der Waals surface area contributed by atoms with E-state index in [-0.39, 0.29) is 17.5 Å². The third-order valence-corrected chi connectivity index (χ3v) is 6.55. The molecule has 8 nitrogen and oxygen atoms in total. The van der Waals surface area contributed by atoms with Crippen LogP contribution in [0.15, 0.2) is 16.9 Å². The van der Waals surface area contributed by atoms with Gasteiger partial charge in [0.2, 0.25) is 5.89 Å². The van der Waals surface area contributed by atoms with Crippen molar-refractivity contribution in [2.45, 2.75) is 45.3 Å². The summed E-state index contributed by atoms with van der Waals surface area (Å²) in [5.41, 5.74) is 0.919. The molecule has 1 aliphatic carbocycles. The molecule has 0 amide bonds. The van der Waals surface area contributed by atoms with Crippen LogP contribution in [-0.4, -0.2) is 51.3 Å². The Morgan fingerprint density at radius 2 is 2.20 bits per heavy atom. The van der Waals surface area contributed by atoms with E-state index < -0.39 is 9.84 Å². The van der Waals surface area contributed by atoms with Gasteiger partial charge in [-0.15, -0.1) is 0 Å². The lowest BCUT2D eigenvalue weighted by molar-refractivity contribution is 0.179. The molecule has 1 unspecified atom stereocenters. The van der Waals surface area contributed by atoms with Crippen LogP contribution in [0.1, 0.15) is 43.1 Å². The van der Waals surface area contributed by atoms with Crippen molar-refractivity contribution in [1.29, 1.82) is 0 Å². The van der Waals surface area contributed by atoms with Crippen LogP contribution >= 0.6 is 0 Å². The Balaban J connectivity index is 1.51. The lowest BCUT2D eigenvalue weighted by atomic mass is 10.1. The van der Waals surface area contributed by atoms with E-state index in [0.717, 1.165) is 24.4 Å². The van der Waals surface area contributed by atoms with Crippen LogP contribution in [0.25, 0.3) is 0 Å². The molecule has 1 aliphatic heterocycles. The molecule has 4 rings (SSSR count). The van der Waals surface area contributed by atoms with Crippen LogP contribution in [0, 0.1) is 5.92 Å². The predicted octanol–water partition coefficient (Wildman–Crippen LogP) is 1.21. The number of aromatic nitrogens is 4. The van der Waals surface area contributed by atoms with Crippen molar-refractivity contribution >= 4 is 9.84 Å². The first kappa shape index (κ1) is 16.7. The molecule has 3 heterocycles. The Morgan fingerprint density at radius 1 is 1.36 bits per heavy atom. The Labute approximate surface area is 147 Å². The second kappa shape index (κ2) is 6.53. The summed E-state index contributed by atoms with van der Waals surface area (Å²) in [7, 11) is -3.05. The molecule has 0 radical (unpaired) electrons. The molecule has 136 valence electrons. The van der Waals surface area contributed by atoms with Crippen LogP contribution < -0.4 is 0 Å². The fraction of sp³-hybridized carbons (Fsp3) is 0.688. The molecule has 0 bridgehead atoms. The van der Waals surface area contributed by atoms with Gasteiger partial charge in [-0.05, 0) is 25.7 Å². The normalized spacial score (nSPS) is 23.8. The molecule has 1 atom stereocenters. The zero-order valence-electron chi connectivity index (χ0n) is 14.3. The molecule has 2 aromatic heterocycles. The largest absolute Gasteiger partial charge is 0.338 e. The summed E-state index contributed by atoms with van der Waals surface area (Å²) >= 11 is 0. The number of nitrogens with zero attached hydrogens (tertiary/aromatic N) is 5. The molecule has 2 fully saturated rings. The summed E-state index contributed by atoms with van der Waals surface area (Å²) in [6, 6.07) is -0.224. The van der Waals surface area contributed by atoms with E-state index in [1.165, 1.54) is 12.8 Å². The average Bonchev–Trinajstić information content (AvgIpc) is 3.09. The highest BCUT2D eigenvalue weighted by molar-refractivity contribution is 7.91. The number of hydrogen-bond donors (Lipinski definition) is 0. The third kappa shape index (κ3) is 3.92. The van der Waals surface area contributed by atoms with Crippen molar-refractivity contribution in [3.63, 3.8) is 0 Å². The summed E-state index contributed by atoms with van der Waals surface area (Å²) in [5, 5.41) is 8.34. The fourth-order valence-corrected chi connectivity index (χ4v) is 4.82. The maximum absolute atomic E-state index is 12.1. The molecule has 2 aromatic rings. The first-order valence-electron chi connectivity index (χ1n) is 8.80. The highest BCUT2D eigenvalue weighted by atomic mass is 32.2. The summed E-state index contributed by atoms with van der Waals surface area (Å²) in [5.74, 6) is 2.29. The zero-order valence-corrected chi connectivity index (χ0v) is 15.2. The number of sulfone groups is 1. The van der Waals surface area contributed by atoms with Crippen molar-refractivity contribution in [1.82, 2.24) is 24.8 Å². The minimum Gasteiger partial charge on any atom is -0.338 e. The molecule has 25 heavy (non-hydrogen) atoms. The Morgan fingerprint density at radius 3 is 2.92 bits per heavy atom. The quantitative estimate of drug-likeness (QED) is 0.759. The van der Waals surface area contributed by atoms with Crippen LogP contribution in [0.2, 0.25) is 0 Å². The topological polar surface area (TPSA) is 94.1 Å². The molecular formula is C16H23N5O3S. The lowest BCUT2D eigenvalue weighted by Gasteiger charge is -2.33. The molecular weight excluding hydrogens is 342 g/mol. The van der Waals surface area contributed by atoms with E-state index in [2.05, 4.69) is 20.1 Å². The highest BCUT2D eigenvalue weighted by Gasteiger charge is 2.34. The van der Waals surface area contributed by atoms with E-state index in [1.54, 1.807) is 6.20 Å². The smallest absolute Gasteiger partial charge is 0.240 e. The van der Waals surface area contributed by atoms with Gasteiger partial charge in [-0.3, -0.25) is 9.58 Å². The van der Waals surface area contributed by atoms with E-state index in [1.807, 2.05) is 17.8 Å². The zero-order chi connectivity index (χ0) is 17.4. The van der Waals surface area contributed by atoms with Crippen molar-refractivity contribution in [3.05, 3.63) is 29.7 Å². The van der Waals surface area contributed by atoms with Gasteiger partial charge >= 0.3 is 0 Å². The molecule has 1 saturated heterocycles. The second-order valence-corrected chi connectivity index (χ2v) is 9.21. The van der Waals surface area contributed by atoms with Crippen LogP contribution in [0.4, 0.5) is 0 Å². The van der Waals surface area contributed by atoms with Crippen LogP contribution in [0.3, 0.4) is 0 Å². The van der Waals surface area contributed by atoms with E-state index in [4.69, 9.17) is 4.52 Å². The van der Waals surface area contributed by atoms with Gasteiger partial charge in [0.1, 0.15) is 0 Å². The summed E-state index contributed by atoms with van der Waals surface area (Å²) in [6.07, 6.45) is 7.05. The van der Waals surface area contributed by atoms with Gasteiger partial charge in [0.15, 0.2) is 15.7 Å². The van der Waals surface area contributed by atoms with Gasteiger partial charge in [-0.2, -0.15) is 10.1 Å². The van der Waals surface area contributed by atoms with Gasteiger partial charge in [0.05, 0.1) is 30.3 Å². The number of aryl methyl sites for hydroxylation is 1. The predicted molar refractivity (Wildman–Crippen MR) is 90.4 cm³/mol. The first-order chi connectivity index (χ1) is 12.0. The Bertz CT molecular complexity index is 840. The Kier molecular flexibility index (Phi) is 4.36.